The molecule has 0 saturated heterocycles. The second kappa shape index (κ2) is 4.79. The molecule has 2 heteroatoms. The maximum Gasteiger partial charge on any atom is 0.191 e. The van der Waals surface area contributed by atoms with Crippen LogP contribution in [0.4, 0.5) is 0 Å². The van der Waals surface area contributed by atoms with Crippen LogP contribution < -0.4 is 0 Å². The summed E-state index contributed by atoms with van der Waals surface area (Å²) in [5, 5.41) is 0. The fourth-order valence-electron chi connectivity index (χ4n) is 1.48. The average Bonchev–Trinajstić information content (AvgIpc) is 2.26. The Morgan fingerprint density at radius 2 is 1.69 bits per heavy atom. The van der Waals surface area contributed by atoms with Gasteiger partial charge in [0.15, 0.2) is 5.78 Å². The molecule has 2 nitrogen and oxygen atoms in total. The Kier molecular flexibility index (Phi) is 3.87. The summed E-state index contributed by atoms with van der Waals surface area (Å²) in [6.07, 6.45) is -0.375. The molecule has 1 unspecified atom stereocenters. The topological polar surface area (TPSA) is 26.3 Å². The highest BCUT2D eigenvalue weighted by Gasteiger charge is 2.17. The lowest BCUT2D eigenvalue weighted by molar-refractivity contribution is 0.0655. The fourth-order valence-corrected chi connectivity index (χ4v) is 1.48. The number of hydrogen-bond acceptors (Lipinski definition) is 2. The third kappa shape index (κ3) is 2.92. The summed E-state index contributed by atoms with van der Waals surface area (Å²) in [6.45, 7) is 8.23. The minimum Gasteiger partial charge on any atom is -0.374 e. The number of carbonyl (C=O) groups excluding carboxylic acids is 1. The van der Waals surface area contributed by atoms with E-state index in [1.807, 2.05) is 24.3 Å². The van der Waals surface area contributed by atoms with Crippen molar-refractivity contribution < 1.29 is 9.53 Å². The quantitative estimate of drug-likeness (QED) is 0.731. The van der Waals surface area contributed by atoms with Gasteiger partial charge in [0.05, 0.1) is 0 Å². The van der Waals surface area contributed by atoms with E-state index in [9.17, 15) is 4.79 Å². The summed E-state index contributed by atoms with van der Waals surface area (Å²) in [7, 11) is 1.55. The van der Waals surface area contributed by atoms with Crippen LogP contribution in [0.2, 0.25) is 0 Å². The van der Waals surface area contributed by atoms with Crippen LogP contribution in [0.25, 0.3) is 0 Å². The number of methoxy groups -OCH3 is 1. The Balaban J connectivity index is 2.91. The monoisotopic (exact) mass is 220 g/mol. The molecule has 0 aliphatic rings. The van der Waals surface area contributed by atoms with E-state index >= 15 is 0 Å². The highest BCUT2D eigenvalue weighted by Crippen LogP contribution is 2.22. The van der Waals surface area contributed by atoms with Crippen LogP contribution in [0.3, 0.4) is 0 Å². The molecule has 0 saturated carbocycles. The third-order valence-electron chi connectivity index (χ3n) is 2.76. The first-order valence-corrected chi connectivity index (χ1v) is 5.54. The molecule has 0 spiro atoms. The molecular formula is C14H20O2. The van der Waals surface area contributed by atoms with Gasteiger partial charge >= 0.3 is 0 Å². The van der Waals surface area contributed by atoms with Crippen LogP contribution in [0.5, 0.6) is 0 Å². The van der Waals surface area contributed by atoms with Crippen molar-refractivity contribution in [1.29, 1.82) is 0 Å². The number of hydrogen-bond donors (Lipinski definition) is 0. The summed E-state index contributed by atoms with van der Waals surface area (Å²) < 4.78 is 5.01. The molecule has 0 fully saturated rings. The standard InChI is InChI=1S/C14H20O2/c1-10(16-5)13(15)11-6-8-12(9-7-11)14(2,3)4/h6-10H,1-5H3. The molecule has 88 valence electrons. The Labute approximate surface area is 97.6 Å². The fraction of sp³-hybridized carbons (Fsp3) is 0.500. The third-order valence-corrected chi connectivity index (χ3v) is 2.76. The number of ketones is 1. The van der Waals surface area contributed by atoms with Gasteiger partial charge in [-0.1, -0.05) is 45.0 Å². The van der Waals surface area contributed by atoms with Crippen molar-refractivity contribution >= 4 is 5.78 Å². The number of carbonyl (C=O) groups is 1. The lowest BCUT2D eigenvalue weighted by Crippen LogP contribution is -2.19. The van der Waals surface area contributed by atoms with Crippen molar-refractivity contribution in [2.45, 2.75) is 39.2 Å². The molecule has 16 heavy (non-hydrogen) atoms. The second-order valence-corrected chi connectivity index (χ2v) is 5.07. The van der Waals surface area contributed by atoms with Gasteiger partial charge in [0.2, 0.25) is 0 Å². The molecule has 0 aromatic heterocycles. The zero-order chi connectivity index (χ0) is 12.3. The van der Waals surface area contributed by atoms with Crippen molar-refractivity contribution in [2.75, 3.05) is 7.11 Å². The van der Waals surface area contributed by atoms with Crippen LogP contribution in [0.15, 0.2) is 24.3 Å². The Morgan fingerprint density at radius 3 is 2.06 bits per heavy atom. The van der Waals surface area contributed by atoms with Crippen molar-refractivity contribution in [3.8, 4) is 0 Å². The summed E-state index contributed by atoms with van der Waals surface area (Å²) in [5.41, 5.74) is 2.06. The molecule has 0 aliphatic carbocycles. The van der Waals surface area contributed by atoms with Crippen LogP contribution >= 0.6 is 0 Å². The number of benzene rings is 1. The number of Topliss-reactive ketones (excluding diaryl/α,β-unsaturated/α-hetero) is 1. The van der Waals surface area contributed by atoms with E-state index in [4.69, 9.17) is 4.74 Å². The Morgan fingerprint density at radius 1 is 1.19 bits per heavy atom. The number of ether oxygens (including phenoxy) is 1. The van der Waals surface area contributed by atoms with Gasteiger partial charge in [-0.2, -0.15) is 0 Å². The highest BCUT2D eigenvalue weighted by atomic mass is 16.5. The maximum absolute atomic E-state index is 11.8. The number of rotatable bonds is 3. The first-order chi connectivity index (χ1) is 7.36. The molecule has 0 bridgehead atoms. The van der Waals surface area contributed by atoms with Crippen LogP contribution in [-0.2, 0) is 10.2 Å². The van der Waals surface area contributed by atoms with Gasteiger partial charge in [0, 0.05) is 12.7 Å². The van der Waals surface area contributed by atoms with Gasteiger partial charge in [0.1, 0.15) is 6.10 Å². The van der Waals surface area contributed by atoms with Gasteiger partial charge in [-0.25, -0.2) is 0 Å². The van der Waals surface area contributed by atoms with Gasteiger partial charge < -0.3 is 4.74 Å². The van der Waals surface area contributed by atoms with E-state index in [2.05, 4.69) is 20.8 Å². The van der Waals surface area contributed by atoms with Gasteiger partial charge in [-0.15, -0.1) is 0 Å². The summed E-state index contributed by atoms with van der Waals surface area (Å²) in [4.78, 5) is 11.8. The second-order valence-electron chi connectivity index (χ2n) is 5.07. The molecular weight excluding hydrogens is 200 g/mol. The summed E-state index contributed by atoms with van der Waals surface area (Å²) >= 11 is 0. The van der Waals surface area contributed by atoms with E-state index in [0.717, 1.165) is 0 Å². The molecule has 0 heterocycles. The smallest absolute Gasteiger partial charge is 0.191 e. The minimum atomic E-state index is -0.375. The minimum absolute atomic E-state index is 0.0305. The lowest BCUT2D eigenvalue weighted by Gasteiger charge is -2.19. The van der Waals surface area contributed by atoms with Crippen molar-refractivity contribution in [1.82, 2.24) is 0 Å². The molecule has 0 N–H and O–H groups in total. The maximum atomic E-state index is 11.8. The van der Waals surface area contributed by atoms with Crippen molar-refractivity contribution in [3.05, 3.63) is 35.4 Å². The van der Waals surface area contributed by atoms with Crippen LogP contribution in [-0.4, -0.2) is 19.0 Å². The van der Waals surface area contributed by atoms with Gasteiger partial charge in [0.25, 0.3) is 0 Å². The predicted octanol–water partition coefficient (Wildman–Crippen LogP) is 3.20. The summed E-state index contributed by atoms with van der Waals surface area (Å²) in [5.74, 6) is 0.0305. The van der Waals surface area contributed by atoms with E-state index in [1.54, 1.807) is 14.0 Å². The largest absolute Gasteiger partial charge is 0.374 e. The SMILES string of the molecule is COC(C)C(=O)c1ccc(C(C)(C)C)cc1. The van der Waals surface area contributed by atoms with Gasteiger partial charge in [-0.3, -0.25) is 4.79 Å². The molecule has 1 atom stereocenters. The molecule has 0 amide bonds. The molecule has 0 radical (unpaired) electrons. The van der Waals surface area contributed by atoms with E-state index < -0.39 is 0 Å². The van der Waals surface area contributed by atoms with Gasteiger partial charge in [-0.05, 0) is 17.9 Å². The molecule has 1 aromatic rings. The first-order valence-electron chi connectivity index (χ1n) is 5.54. The highest BCUT2D eigenvalue weighted by molar-refractivity contribution is 5.99. The summed E-state index contributed by atoms with van der Waals surface area (Å²) in [6, 6.07) is 7.77. The average molecular weight is 220 g/mol. The van der Waals surface area contributed by atoms with Crippen molar-refractivity contribution in [2.24, 2.45) is 0 Å². The predicted molar refractivity (Wildman–Crippen MR) is 65.9 cm³/mol. The molecule has 1 aromatic carbocycles. The normalized spacial score (nSPS) is 13.6. The molecule has 1 rings (SSSR count). The van der Waals surface area contributed by atoms with E-state index in [1.165, 1.54) is 5.56 Å². The zero-order valence-electron chi connectivity index (χ0n) is 10.7. The van der Waals surface area contributed by atoms with Crippen molar-refractivity contribution in [3.63, 3.8) is 0 Å². The lowest BCUT2D eigenvalue weighted by atomic mass is 9.86. The van der Waals surface area contributed by atoms with Crippen LogP contribution in [0.1, 0.15) is 43.6 Å². The van der Waals surface area contributed by atoms with Crippen LogP contribution in [0, 0.1) is 0 Å². The first kappa shape index (κ1) is 12.9. The molecule has 0 aliphatic heterocycles. The Hall–Kier alpha value is -1.15. The van der Waals surface area contributed by atoms with E-state index in [0.29, 0.717) is 5.56 Å². The Bertz CT molecular complexity index is 357. The zero-order valence-corrected chi connectivity index (χ0v) is 10.7. The van der Waals surface area contributed by atoms with E-state index in [-0.39, 0.29) is 17.3 Å².